The van der Waals surface area contributed by atoms with Crippen LogP contribution in [0, 0.1) is 5.92 Å². The van der Waals surface area contributed by atoms with Gasteiger partial charge in [0.25, 0.3) is 0 Å². The number of carbonyl (C=O) groups is 2. The van der Waals surface area contributed by atoms with Crippen LogP contribution in [0.2, 0.25) is 0 Å². The smallest absolute Gasteiger partial charge is 0.326 e. The van der Waals surface area contributed by atoms with Gasteiger partial charge in [-0.1, -0.05) is 13.3 Å². The first-order valence-corrected chi connectivity index (χ1v) is 5.83. The molecular weight excluding hydrogens is 208 g/mol. The molecule has 0 aliphatic heterocycles. The van der Waals surface area contributed by atoms with Crippen LogP contribution in [0.3, 0.4) is 0 Å². The van der Waals surface area contributed by atoms with Crippen molar-refractivity contribution >= 4 is 11.9 Å². The van der Waals surface area contributed by atoms with Crippen LogP contribution in [0.4, 0.5) is 0 Å². The molecule has 0 bridgehead atoms. The third kappa shape index (κ3) is 3.48. The Morgan fingerprint density at radius 2 is 2.19 bits per heavy atom. The van der Waals surface area contributed by atoms with E-state index in [1.54, 1.807) is 6.92 Å². The summed E-state index contributed by atoms with van der Waals surface area (Å²) in [6.45, 7) is 1.74. The van der Waals surface area contributed by atoms with Gasteiger partial charge in [0.1, 0.15) is 6.04 Å². The standard InChI is InChI=1S/C11H20N2O3/c1-2-9(11(15)16)13-10(14)7-4-3-5-8(12)6-7/h7-9H,2-6,12H2,1H3,(H,13,14)(H,15,16). The van der Waals surface area contributed by atoms with Gasteiger partial charge >= 0.3 is 5.97 Å². The van der Waals surface area contributed by atoms with E-state index >= 15 is 0 Å². The summed E-state index contributed by atoms with van der Waals surface area (Å²) in [7, 11) is 0. The molecule has 5 nitrogen and oxygen atoms in total. The average molecular weight is 228 g/mol. The molecule has 0 aromatic heterocycles. The molecule has 0 saturated heterocycles. The van der Waals surface area contributed by atoms with Crippen LogP contribution in [0.15, 0.2) is 0 Å². The predicted molar refractivity (Wildman–Crippen MR) is 59.8 cm³/mol. The highest BCUT2D eigenvalue weighted by molar-refractivity contribution is 5.85. The summed E-state index contributed by atoms with van der Waals surface area (Å²) in [5, 5.41) is 11.4. The molecule has 1 saturated carbocycles. The van der Waals surface area contributed by atoms with Gasteiger partial charge in [-0.15, -0.1) is 0 Å². The molecule has 1 amide bonds. The van der Waals surface area contributed by atoms with Gasteiger partial charge in [-0.25, -0.2) is 4.79 Å². The van der Waals surface area contributed by atoms with Crippen LogP contribution in [0.5, 0.6) is 0 Å². The predicted octanol–water partition coefficient (Wildman–Crippen LogP) is 0.483. The number of hydrogen-bond acceptors (Lipinski definition) is 3. The molecule has 3 unspecified atom stereocenters. The van der Waals surface area contributed by atoms with E-state index in [1.807, 2.05) is 0 Å². The molecule has 5 heteroatoms. The Hall–Kier alpha value is -1.10. The molecule has 1 fully saturated rings. The largest absolute Gasteiger partial charge is 0.480 e. The monoisotopic (exact) mass is 228 g/mol. The zero-order valence-electron chi connectivity index (χ0n) is 9.61. The lowest BCUT2D eigenvalue weighted by Crippen LogP contribution is -2.45. The van der Waals surface area contributed by atoms with Crippen molar-refractivity contribution in [1.29, 1.82) is 0 Å². The van der Waals surface area contributed by atoms with Gasteiger partial charge in [0.15, 0.2) is 0 Å². The fraction of sp³-hybridized carbons (Fsp3) is 0.818. The van der Waals surface area contributed by atoms with Crippen molar-refractivity contribution in [3.05, 3.63) is 0 Å². The second-order valence-corrected chi connectivity index (χ2v) is 4.43. The van der Waals surface area contributed by atoms with E-state index in [0.717, 1.165) is 19.3 Å². The van der Waals surface area contributed by atoms with Crippen molar-refractivity contribution < 1.29 is 14.7 Å². The first kappa shape index (κ1) is 13.0. The Bertz CT molecular complexity index is 268. The number of rotatable bonds is 4. The number of aliphatic carboxylic acids is 1. The zero-order valence-corrected chi connectivity index (χ0v) is 9.61. The minimum absolute atomic E-state index is 0.0782. The van der Waals surface area contributed by atoms with Crippen LogP contribution in [-0.4, -0.2) is 29.1 Å². The summed E-state index contributed by atoms with van der Waals surface area (Å²) in [5.74, 6) is -1.25. The Morgan fingerprint density at radius 3 is 2.69 bits per heavy atom. The molecule has 16 heavy (non-hydrogen) atoms. The molecule has 0 heterocycles. The summed E-state index contributed by atoms with van der Waals surface area (Å²) >= 11 is 0. The van der Waals surface area contributed by atoms with Crippen LogP contribution < -0.4 is 11.1 Å². The number of carbonyl (C=O) groups excluding carboxylic acids is 1. The third-order valence-corrected chi connectivity index (χ3v) is 3.11. The molecule has 0 aromatic carbocycles. The van der Waals surface area contributed by atoms with E-state index in [9.17, 15) is 9.59 Å². The van der Waals surface area contributed by atoms with Crippen LogP contribution >= 0.6 is 0 Å². The first-order chi connectivity index (χ1) is 7.54. The molecule has 0 aromatic rings. The highest BCUT2D eigenvalue weighted by atomic mass is 16.4. The van der Waals surface area contributed by atoms with E-state index in [1.165, 1.54) is 0 Å². The summed E-state index contributed by atoms with van der Waals surface area (Å²) in [5.41, 5.74) is 5.79. The summed E-state index contributed by atoms with van der Waals surface area (Å²) in [4.78, 5) is 22.6. The molecular formula is C11H20N2O3. The molecule has 0 radical (unpaired) electrons. The van der Waals surface area contributed by atoms with Crippen molar-refractivity contribution in [1.82, 2.24) is 5.32 Å². The van der Waals surface area contributed by atoms with Crippen molar-refractivity contribution in [3.63, 3.8) is 0 Å². The van der Waals surface area contributed by atoms with Crippen molar-refractivity contribution in [2.24, 2.45) is 11.7 Å². The highest BCUT2D eigenvalue weighted by Gasteiger charge is 2.27. The minimum atomic E-state index is -0.976. The molecule has 4 N–H and O–H groups in total. The molecule has 92 valence electrons. The second-order valence-electron chi connectivity index (χ2n) is 4.43. The zero-order chi connectivity index (χ0) is 12.1. The lowest BCUT2D eigenvalue weighted by atomic mass is 9.85. The number of hydrogen-bond donors (Lipinski definition) is 3. The number of nitrogens with one attached hydrogen (secondary N) is 1. The lowest BCUT2D eigenvalue weighted by molar-refractivity contribution is -0.142. The van der Waals surface area contributed by atoms with Crippen LogP contribution in [0.25, 0.3) is 0 Å². The maximum Gasteiger partial charge on any atom is 0.326 e. The maximum absolute atomic E-state index is 11.8. The minimum Gasteiger partial charge on any atom is -0.480 e. The van der Waals surface area contributed by atoms with Crippen molar-refractivity contribution in [3.8, 4) is 0 Å². The maximum atomic E-state index is 11.8. The van der Waals surface area contributed by atoms with E-state index in [2.05, 4.69) is 5.32 Å². The van der Waals surface area contributed by atoms with Gasteiger partial charge < -0.3 is 16.2 Å². The summed E-state index contributed by atoms with van der Waals surface area (Å²) in [6.07, 6.45) is 3.79. The topological polar surface area (TPSA) is 92.4 Å². The number of nitrogens with two attached hydrogens (primary N) is 1. The molecule has 1 aliphatic carbocycles. The summed E-state index contributed by atoms with van der Waals surface area (Å²) < 4.78 is 0. The van der Waals surface area contributed by atoms with E-state index in [4.69, 9.17) is 10.8 Å². The van der Waals surface area contributed by atoms with E-state index in [0.29, 0.717) is 12.8 Å². The first-order valence-electron chi connectivity index (χ1n) is 5.83. The number of carboxylic acid groups (broad SMARTS) is 1. The Kier molecular flexibility index (Phi) is 4.73. The quantitative estimate of drug-likeness (QED) is 0.652. The Balaban J connectivity index is 2.47. The number of carboxylic acids is 1. The molecule has 3 atom stereocenters. The van der Waals surface area contributed by atoms with Crippen LogP contribution in [-0.2, 0) is 9.59 Å². The third-order valence-electron chi connectivity index (χ3n) is 3.11. The van der Waals surface area contributed by atoms with Gasteiger partial charge in [-0.2, -0.15) is 0 Å². The van der Waals surface area contributed by atoms with Gasteiger partial charge in [0, 0.05) is 12.0 Å². The average Bonchev–Trinajstić information content (AvgIpc) is 2.25. The number of amides is 1. The van der Waals surface area contributed by atoms with Crippen molar-refractivity contribution in [2.45, 2.75) is 51.1 Å². The highest BCUT2D eigenvalue weighted by Crippen LogP contribution is 2.23. The normalized spacial score (nSPS) is 27.1. The fourth-order valence-electron chi connectivity index (χ4n) is 2.09. The van der Waals surface area contributed by atoms with Gasteiger partial charge in [0.2, 0.25) is 5.91 Å². The van der Waals surface area contributed by atoms with Gasteiger partial charge in [-0.3, -0.25) is 4.79 Å². The Labute approximate surface area is 95.4 Å². The SMILES string of the molecule is CCC(NC(=O)C1CCCC(N)C1)C(=O)O. The van der Waals surface area contributed by atoms with Crippen molar-refractivity contribution in [2.75, 3.05) is 0 Å². The second kappa shape index (κ2) is 5.84. The fourth-order valence-corrected chi connectivity index (χ4v) is 2.09. The van der Waals surface area contributed by atoms with E-state index < -0.39 is 12.0 Å². The van der Waals surface area contributed by atoms with E-state index in [-0.39, 0.29) is 17.9 Å². The molecule has 0 spiro atoms. The van der Waals surface area contributed by atoms with Gasteiger partial charge in [-0.05, 0) is 25.7 Å². The Morgan fingerprint density at radius 1 is 1.50 bits per heavy atom. The van der Waals surface area contributed by atoms with Crippen LogP contribution in [0.1, 0.15) is 39.0 Å². The molecule has 1 aliphatic rings. The summed E-state index contributed by atoms with van der Waals surface area (Å²) in [6, 6.07) is -0.694. The lowest BCUT2D eigenvalue weighted by Gasteiger charge is -2.26. The molecule has 1 rings (SSSR count). The van der Waals surface area contributed by atoms with Gasteiger partial charge in [0.05, 0.1) is 0 Å².